The van der Waals surface area contributed by atoms with E-state index in [0.717, 1.165) is 19.0 Å². The monoisotopic (exact) mass is 434 g/mol. The van der Waals surface area contributed by atoms with Gasteiger partial charge in [0, 0.05) is 6.42 Å². The molecular weight excluding hydrogens is 397 g/mol. The van der Waals surface area contributed by atoms with Gasteiger partial charge in [-0.2, -0.15) is 0 Å². The molecule has 0 fully saturated rings. The van der Waals surface area contributed by atoms with E-state index >= 15 is 0 Å². The SMILES string of the molecule is CCC.CCCCC(=O)NCC[P+](c1ccccc1)(c1ccccc1)c1ccccc1. The number of hydrogen-bond acceptors (Lipinski definition) is 1. The van der Waals surface area contributed by atoms with E-state index in [1.54, 1.807) is 0 Å². The van der Waals surface area contributed by atoms with Crippen molar-refractivity contribution in [3.63, 3.8) is 0 Å². The van der Waals surface area contributed by atoms with Gasteiger partial charge in [-0.1, -0.05) is 88.2 Å². The third-order valence-corrected chi connectivity index (χ3v) is 9.55. The van der Waals surface area contributed by atoms with Crippen LogP contribution in [0.25, 0.3) is 0 Å². The number of amides is 1. The molecule has 3 heteroatoms. The highest BCUT2D eigenvalue weighted by Gasteiger charge is 2.44. The highest BCUT2D eigenvalue weighted by Crippen LogP contribution is 2.54. The van der Waals surface area contributed by atoms with Gasteiger partial charge in [0.1, 0.15) is 23.2 Å². The number of carbonyl (C=O) groups is 1. The lowest BCUT2D eigenvalue weighted by atomic mass is 10.2. The number of benzene rings is 3. The molecule has 31 heavy (non-hydrogen) atoms. The Balaban J connectivity index is 0.00000107. The first-order valence-electron chi connectivity index (χ1n) is 11.5. The maximum atomic E-state index is 12.2. The van der Waals surface area contributed by atoms with Gasteiger partial charge in [0.2, 0.25) is 5.91 Å². The number of hydrogen-bond donors (Lipinski definition) is 1. The summed E-state index contributed by atoms with van der Waals surface area (Å²) >= 11 is 0. The van der Waals surface area contributed by atoms with Crippen molar-refractivity contribution in [1.82, 2.24) is 5.32 Å². The summed E-state index contributed by atoms with van der Waals surface area (Å²) in [5.41, 5.74) is 0. The highest BCUT2D eigenvalue weighted by molar-refractivity contribution is 7.95. The van der Waals surface area contributed by atoms with Crippen LogP contribution in [-0.2, 0) is 4.79 Å². The molecule has 0 saturated heterocycles. The van der Waals surface area contributed by atoms with Crippen molar-refractivity contribution in [3.8, 4) is 0 Å². The highest BCUT2D eigenvalue weighted by atomic mass is 31.2. The maximum absolute atomic E-state index is 12.2. The standard InChI is InChI=1S/C25H28NOP.C3H8/c1-2-3-19-25(27)26-20-21-28(22-13-7-4-8-14-22,23-15-9-5-10-16-23)24-17-11-6-12-18-24;1-3-2/h4-18H,2-3,19-21H2,1H3;3H2,1-2H3/p+1. The predicted octanol–water partition coefficient (Wildman–Crippen LogP) is 5.70. The zero-order chi connectivity index (χ0) is 22.4. The summed E-state index contributed by atoms with van der Waals surface area (Å²) < 4.78 is 0. The van der Waals surface area contributed by atoms with Gasteiger partial charge in [-0.15, -0.1) is 0 Å². The summed E-state index contributed by atoms with van der Waals surface area (Å²) in [5, 5.41) is 7.24. The molecule has 1 amide bonds. The summed E-state index contributed by atoms with van der Waals surface area (Å²) in [4.78, 5) is 12.2. The van der Waals surface area contributed by atoms with Crippen LogP contribution in [0.1, 0.15) is 46.5 Å². The Labute approximate surface area is 189 Å². The van der Waals surface area contributed by atoms with E-state index in [0.29, 0.717) is 13.0 Å². The molecule has 0 aliphatic rings. The molecule has 0 atom stereocenters. The van der Waals surface area contributed by atoms with Crippen LogP contribution in [0.5, 0.6) is 0 Å². The minimum Gasteiger partial charge on any atom is -0.352 e. The van der Waals surface area contributed by atoms with E-state index in [4.69, 9.17) is 0 Å². The zero-order valence-electron chi connectivity index (χ0n) is 19.3. The van der Waals surface area contributed by atoms with E-state index < -0.39 is 7.26 Å². The Hall–Kier alpha value is -2.44. The molecule has 3 aromatic rings. The average molecular weight is 435 g/mol. The summed E-state index contributed by atoms with van der Waals surface area (Å²) in [6.07, 6.45) is 4.78. The fourth-order valence-electron chi connectivity index (χ4n) is 3.67. The minimum absolute atomic E-state index is 0.161. The first-order chi connectivity index (χ1) is 15.2. The van der Waals surface area contributed by atoms with Crippen molar-refractivity contribution >= 4 is 29.1 Å². The van der Waals surface area contributed by atoms with Crippen molar-refractivity contribution in [2.75, 3.05) is 12.7 Å². The molecule has 0 heterocycles. The Morgan fingerprint density at radius 2 is 1.10 bits per heavy atom. The molecule has 0 aromatic heterocycles. The summed E-state index contributed by atoms with van der Waals surface area (Å²) in [7, 11) is -1.85. The number of nitrogens with one attached hydrogen (secondary N) is 1. The molecule has 3 aromatic carbocycles. The van der Waals surface area contributed by atoms with E-state index in [-0.39, 0.29) is 5.91 Å². The van der Waals surface area contributed by atoms with E-state index in [1.807, 2.05) is 0 Å². The average Bonchev–Trinajstić information content (AvgIpc) is 2.83. The molecular formula is C28H37NOP+. The molecule has 0 spiro atoms. The van der Waals surface area contributed by atoms with Gasteiger partial charge in [-0.05, 0) is 42.8 Å². The molecule has 0 aliphatic heterocycles. The summed E-state index contributed by atoms with van der Waals surface area (Å²) in [6, 6.07) is 32.4. The van der Waals surface area contributed by atoms with Crippen LogP contribution in [0.2, 0.25) is 0 Å². The first-order valence-corrected chi connectivity index (χ1v) is 13.5. The Kier molecular flexibility index (Phi) is 11.0. The summed E-state index contributed by atoms with van der Waals surface area (Å²) in [5.74, 6) is 0.161. The van der Waals surface area contributed by atoms with Crippen molar-refractivity contribution in [1.29, 1.82) is 0 Å². The number of rotatable bonds is 9. The lowest BCUT2D eigenvalue weighted by Gasteiger charge is -2.27. The largest absolute Gasteiger partial charge is 0.352 e. The Morgan fingerprint density at radius 3 is 1.45 bits per heavy atom. The van der Waals surface area contributed by atoms with Crippen molar-refractivity contribution in [2.24, 2.45) is 0 Å². The molecule has 0 saturated carbocycles. The third-order valence-electron chi connectivity index (χ3n) is 5.12. The second-order valence-corrected chi connectivity index (χ2v) is 11.3. The Morgan fingerprint density at radius 1 is 0.710 bits per heavy atom. The molecule has 0 bridgehead atoms. The smallest absolute Gasteiger partial charge is 0.220 e. The minimum atomic E-state index is -1.85. The second kappa shape index (κ2) is 13.8. The van der Waals surface area contributed by atoms with Gasteiger partial charge in [0.05, 0.1) is 12.7 Å². The van der Waals surface area contributed by atoms with E-state index in [1.165, 1.54) is 22.3 Å². The van der Waals surface area contributed by atoms with Crippen molar-refractivity contribution in [3.05, 3.63) is 91.0 Å². The topological polar surface area (TPSA) is 29.1 Å². The van der Waals surface area contributed by atoms with Crippen LogP contribution in [0.4, 0.5) is 0 Å². The maximum Gasteiger partial charge on any atom is 0.220 e. The van der Waals surface area contributed by atoms with Crippen LogP contribution in [0.3, 0.4) is 0 Å². The van der Waals surface area contributed by atoms with Gasteiger partial charge in [-0.25, -0.2) is 0 Å². The van der Waals surface area contributed by atoms with E-state index in [2.05, 4.69) is 117 Å². The third kappa shape index (κ3) is 7.04. The lowest BCUT2D eigenvalue weighted by molar-refractivity contribution is -0.121. The van der Waals surface area contributed by atoms with Crippen LogP contribution in [-0.4, -0.2) is 18.6 Å². The van der Waals surface area contributed by atoms with Gasteiger partial charge >= 0.3 is 0 Å². The van der Waals surface area contributed by atoms with Crippen LogP contribution >= 0.6 is 7.26 Å². The summed E-state index contributed by atoms with van der Waals surface area (Å²) in [6.45, 7) is 7.05. The van der Waals surface area contributed by atoms with Crippen LogP contribution in [0.15, 0.2) is 91.0 Å². The zero-order valence-corrected chi connectivity index (χ0v) is 20.2. The van der Waals surface area contributed by atoms with Gasteiger partial charge in [0.25, 0.3) is 0 Å². The second-order valence-electron chi connectivity index (χ2n) is 7.70. The molecule has 2 nitrogen and oxygen atoms in total. The first kappa shape index (κ1) is 24.8. The van der Waals surface area contributed by atoms with E-state index in [9.17, 15) is 4.79 Å². The van der Waals surface area contributed by atoms with Crippen molar-refractivity contribution < 1.29 is 4.79 Å². The molecule has 1 N–H and O–H groups in total. The van der Waals surface area contributed by atoms with Crippen LogP contribution in [0, 0.1) is 0 Å². The van der Waals surface area contributed by atoms with Gasteiger partial charge in [-0.3, -0.25) is 4.79 Å². The van der Waals surface area contributed by atoms with Gasteiger partial charge < -0.3 is 5.32 Å². The lowest BCUT2D eigenvalue weighted by Crippen LogP contribution is -2.37. The molecule has 164 valence electrons. The van der Waals surface area contributed by atoms with Crippen molar-refractivity contribution in [2.45, 2.75) is 46.5 Å². The quantitative estimate of drug-likeness (QED) is 0.430. The predicted molar refractivity (Wildman–Crippen MR) is 139 cm³/mol. The van der Waals surface area contributed by atoms with Gasteiger partial charge in [0.15, 0.2) is 0 Å². The number of unbranched alkanes of at least 4 members (excludes halogenated alkanes) is 1. The Bertz CT molecular complexity index is 769. The van der Waals surface area contributed by atoms with Crippen LogP contribution < -0.4 is 21.2 Å². The molecule has 0 unspecified atom stereocenters. The molecule has 0 aliphatic carbocycles. The fourth-order valence-corrected chi connectivity index (χ4v) is 7.83. The fraction of sp³-hybridized carbons (Fsp3) is 0.321. The number of carbonyl (C=O) groups excluding carboxylic acids is 1. The normalized spacial score (nSPS) is 10.7. The molecule has 3 rings (SSSR count). The molecule has 0 radical (unpaired) electrons.